The Morgan fingerprint density at radius 2 is 1.65 bits per heavy atom. The Labute approximate surface area is 136 Å². The lowest BCUT2D eigenvalue weighted by Crippen LogP contribution is -2.27. The second-order valence-corrected chi connectivity index (χ2v) is 5.81. The van der Waals surface area contributed by atoms with E-state index in [2.05, 4.69) is 28.8 Å². The van der Waals surface area contributed by atoms with Crippen molar-refractivity contribution in [1.82, 2.24) is 5.32 Å². The van der Waals surface area contributed by atoms with Crippen LogP contribution < -0.4 is 10.6 Å². The molecule has 2 aromatic rings. The van der Waals surface area contributed by atoms with Crippen LogP contribution in [0.1, 0.15) is 46.9 Å². The van der Waals surface area contributed by atoms with E-state index in [1.54, 1.807) is 24.3 Å². The van der Waals surface area contributed by atoms with Crippen LogP contribution in [-0.4, -0.2) is 11.8 Å². The molecule has 0 aliphatic heterocycles. The second kappa shape index (κ2) is 7.09. The van der Waals surface area contributed by atoms with E-state index < -0.39 is 0 Å². The molecule has 0 bridgehead atoms. The van der Waals surface area contributed by atoms with Crippen molar-refractivity contribution in [1.29, 1.82) is 0 Å². The van der Waals surface area contributed by atoms with Crippen LogP contribution in [-0.2, 0) is 4.79 Å². The van der Waals surface area contributed by atoms with Gasteiger partial charge in [-0.3, -0.25) is 9.59 Å². The molecule has 0 unspecified atom stereocenters. The molecule has 1 atom stereocenters. The fraction of sp³-hybridized carbons (Fsp3) is 0.263. The van der Waals surface area contributed by atoms with Gasteiger partial charge in [-0.15, -0.1) is 0 Å². The average Bonchev–Trinajstić information content (AvgIpc) is 2.49. The molecule has 0 heterocycles. The number of carbonyl (C=O) groups is 2. The highest BCUT2D eigenvalue weighted by molar-refractivity contribution is 5.95. The van der Waals surface area contributed by atoms with E-state index in [0.29, 0.717) is 11.3 Å². The summed E-state index contributed by atoms with van der Waals surface area (Å²) in [5.41, 5.74) is 4.69. The van der Waals surface area contributed by atoms with Gasteiger partial charge in [0.15, 0.2) is 0 Å². The predicted molar refractivity (Wildman–Crippen MR) is 92.5 cm³/mol. The van der Waals surface area contributed by atoms with Gasteiger partial charge in [0.25, 0.3) is 5.91 Å². The van der Waals surface area contributed by atoms with Crippen molar-refractivity contribution in [2.24, 2.45) is 0 Å². The first-order valence-electron chi connectivity index (χ1n) is 7.62. The quantitative estimate of drug-likeness (QED) is 0.903. The fourth-order valence-electron chi connectivity index (χ4n) is 2.49. The van der Waals surface area contributed by atoms with Gasteiger partial charge in [0, 0.05) is 18.2 Å². The van der Waals surface area contributed by atoms with Crippen LogP contribution >= 0.6 is 0 Å². The van der Waals surface area contributed by atoms with Gasteiger partial charge in [-0.1, -0.05) is 23.8 Å². The molecule has 0 saturated carbocycles. The normalized spacial score (nSPS) is 11.7. The third-order valence-corrected chi connectivity index (χ3v) is 3.72. The van der Waals surface area contributed by atoms with Crippen LogP contribution in [0.2, 0.25) is 0 Å². The first-order valence-corrected chi connectivity index (χ1v) is 7.62. The molecule has 0 aliphatic carbocycles. The minimum absolute atomic E-state index is 0.0718. The van der Waals surface area contributed by atoms with Crippen molar-refractivity contribution < 1.29 is 9.59 Å². The number of anilines is 1. The molecule has 23 heavy (non-hydrogen) atoms. The zero-order valence-electron chi connectivity index (χ0n) is 13.9. The highest BCUT2D eigenvalue weighted by Crippen LogP contribution is 2.19. The maximum atomic E-state index is 12.4. The summed E-state index contributed by atoms with van der Waals surface area (Å²) in [7, 11) is 0. The Morgan fingerprint density at radius 1 is 1.00 bits per heavy atom. The molecule has 2 amide bonds. The molecule has 4 nitrogen and oxygen atoms in total. The molecule has 2 aromatic carbocycles. The SMILES string of the molecule is CC(=O)Nc1ccc(C(=O)N[C@@H](C)c2cc(C)ccc2C)cc1. The number of benzene rings is 2. The first-order chi connectivity index (χ1) is 10.9. The van der Waals surface area contributed by atoms with Gasteiger partial charge >= 0.3 is 0 Å². The Bertz CT molecular complexity index is 721. The summed E-state index contributed by atoms with van der Waals surface area (Å²) >= 11 is 0. The monoisotopic (exact) mass is 310 g/mol. The molecule has 0 aromatic heterocycles. The van der Waals surface area contributed by atoms with Crippen LogP contribution in [0.5, 0.6) is 0 Å². The third kappa shape index (κ3) is 4.42. The highest BCUT2D eigenvalue weighted by atomic mass is 16.2. The van der Waals surface area contributed by atoms with Gasteiger partial charge in [-0.25, -0.2) is 0 Å². The summed E-state index contributed by atoms with van der Waals surface area (Å²) in [5.74, 6) is -0.265. The Hall–Kier alpha value is -2.62. The highest BCUT2D eigenvalue weighted by Gasteiger charge is 2.13. The van der Waals surface area contributed by atoms with Gasteiger partial charge < -0.3 is 10.6 Å². The number of nitrogens with one attached hydrogen (secondary N) is 2. The summed E-state index contributed by atoms with van der Waals surface area (Å²) in [6, 6.07) is 13.0. The Morgan fingerprint density at radius 3 is 2.26 bits per heavy atom. The molecule has 0 fully saturated rings. The lowest BCUT2D eigenvalue weighted by Gasteiger charge is -2.17. The number of hydrogen-bond acceptors (Lipinski definition) is 2. The van der Waals surface area contributed by atoms with Crippen LogP contribution in [0.25, 0.3) is 0 Å². The fourth-order valence-corrected chi connectivity index (χ4v) is 2.49. The van der Waals surface area contributed by atoms with Gasteiger partial charge in [-0.2, -0.15) is 0 Å². The van der Waals surface area contributed by atoms with E-state index in [0.717, 1.165) is 11.1 Å². The van der Waals surface area contributed by atoms with E-state index in [1.165, 1.54) is 12.5 Å². The number of amides is 2. The van der Waals surface area contributed by atoms with Crippen molar-refractivity contribution in [3.63, 3.8) is 0 Å². The molecule has 0 spiro atoms. The van der Waals surface area contributed by atoms with Gasteiger partial charge in [0.1, 0.15) is 0 Å². The minimum atomic E-state index is -0.134. The molecular formula is C19H22N2O2. The Kier molecular flexibility index (Phi) is 5.16. The van der Waals surface area contributed by atoms with Crippen LogP contribution in [0.4, 0.5) is 5.69 Å². The molecule has 2 rings (SSSR count). The van der Waals surface area contributed by atoms with Crippen molar-refractivity contribution >= 4 is 17.5 Å². The van der Waals surface area contributed by atoms with Crippen molar-refractivity contribution in [2.75, 3.05) is 5.32 Å². The summed E-state index contributed by atoms with van der Waals surface area (Å²) in [6.45, 7) is 7.51. The van der Waals surface area contributed by atoms with Crippen molar-refractivity contribution in [2.45, 2.75) is 33.7 Å². The second-order valence-electron chi connectivity index (χ2n) is 5.81. The lowest BCUT2D eigenvalue weighted by atomic mass is 9.99. The number of hydrogen-bond donors (Lipinski definition) is 2. The molecule has 4 heteroatoms. The maximum Gasteiger partial charge on any atom is 0.251 e. The van der Waals surface area contributed by atoms with Crippen molar-refractivity contribution in [3.05, 3.63) is 64.7 Å². The first kappa shape index (κ1) is 16.7. The molecule has 0 saturated heterocycles. The predicted octanol–water partition coefficient (Wildman–Crippen LogP) is 3.75. The number of rotatable bonds is 4. The Balaban J connectivity index is 2.09. The molecule has 120 valence electrons. The molecule has 2 N–H and O–H groups in total. The summed E-state index contributed by atoms with van der Waals surface area (Å²) in [5, 5.41) is 5.70. The zero-order valence-corrected chi connectivity index (χ0v) is 13.9. The largest absolute Gasteiger partial charge is 0.346 e. The van der Waals surface area contributed by atoms with E-state index in [4.69, 9.17) is 0 Å². The van der Waals surface area contributed by atoms with E-state index in [9.17, 15) is 9.59 Å². The van der Waals surface area contributed by atoms with Crippen LogP contribution in [0.3, 0.4) is 0 Å². The van der Waals surface area contributed by atoms with Crippen LogP contribution in [0, 0.1) is 13.8 Å². The zero-order chi connectivity index (χ0) is 17.0. The van der Waals surface area contributed by atoms with Crippen LogP contribution in [0.15, 0.2) is 42.5 Å². The number of aryl methyl sites for hydroxylation is 2. The minimum Gasteiger partial charge on any atom is -0.346 e. The maximum absolute atomic E-state index is 12.4. The summed E-state index contributed by atoms with van der Waals surface area (Å²) < 4.78 is 0. The average molecular weight is 310 g/mol. The molecular weight excluding hydrogens is 288 g/mol. The van der Waals surface area contributed by atoms with E-state index in [1.807, 2.05) is 20.8 Å². The van der Waals surface area contributed by atoms with Gasteiger partial charge in [-0.05, 0) is 56.2 Å². The summed E-state index contributed by atoms with van der Waals surface area (Å²) in [4.78, 5) is 23.4. The van der Waals surface area contributed by atoms with Crippen molar-refractivity contribution in [3.8, 4) is 0 Å². The number of carbonyl (C=O) groups excluding carboxylic acids is 2. The summed E-state index contributed by atoms with van der Waals surface area (Å²) in [6.07, 6.45) is 0. The lowest BCUT2D eigenvalue weighted by molar-refractivity contribution is -0.114. The molecule has 0 radical (unpaired) electrons. The van der Waals surface area contributed by atoms with Gasteiger partial charge in [0.2, 0.25) is 5.91 Å². The van der Waals surface area contributed by atoms with Gasteiger partial charge in [0.05, 0.1) is 6.04 Å². The van der Waals surface area contributed by atoms with E-state index in [-0.39, 0.29) is 17.9 Å². The standard InChI is InChI=1S/C19H22N2O2/c1-12-5-6-13(2)18(11-12)14(3)20-19(23)16-7-9-17(10-8-16)21-15(4)22/h5-11,14H,1-4H3,(H,20,23)(H,21,22)/t14-/m0/s1. The topological polar surface area (TPSA) is 58.2 Å². The third-order valence-electron chi connectivity index (χ3n) is 3.72. The van der Waals surface area contributed by atoms with E-state index >= 15 is 0 Å². The molecule has 0 aliphatic rings. The smallest absolute Gasteiger partial charge is 0.251 e.